The second-order valence-electron chi connectivity index (χ2n) is 5.64. The summed E-state index contributed by atoms with van der Waals surface area (Å²) < 4.78 is 5.77. The van der Waals surface area contributed by atoms with Gasteiger partial charge in [0.2, 0.25) is 0 Å². The Morgan fingerprint density at radius 3 is 2.55 bits per heavy atom. The highest BCUT2D eigenvalue weighted by Crippen LogP contribution is 2.14. The minimum atomic E-state index is -0.831. The summed E-state index contributed by atoms with van der Waals surface area (Å²) in [7, 11) is 0. The molecular formula is C14H26N2O4. The lowest BCUT2D eigenvalue weighted by molar-refractivity contribution is -0.137. The van der Waals surface area contributed by atoms with E-state index in [1.807, 2.05) is 0 Å². The number of likely N-dealkylation sites (tertiary alicyclic amines) is 1. The van der Waals surface area contributed by atoms with E-state index in [2.05, 4.69) is 19.2 Å². The zero-order chi connectivity index (χ0) is 15.0. The molecule has 0 radical (unpaired) electrons. The summed E-state index contributed by atoms with van der Waals surface area (Å²) in [5.74, 6) is -0.298. The molecule has 6 nitrogen and oxygen atoms in total. The minimum absolute atomic E-state index is 0.0887. The van der Waals surface area contributed by atoms with Gasteiger partial charge in [0, 0.05) is 32.7 Å². The fourth-order valence-electron chi connectivity index (χ4n) is 2.10. The molecule has 0 spiro atoms. The highest BCUT2D eigenvalue weighted by molar-refractivity contribution is 5.74. The molecule has 1 rings (SSSR count). The van der Waals surface area contributed by atoms with Crippen LogP contribution in [0.25, 0.3) is 0 Å². The zero-order valence-corrected chi connectivity index (χ0v) is 12.4. The van der Waals surface area contributed by atoms with Gasteiger partial charge in [0.15, 0.2) is 0 Å². The van der Waals surface area contributed by atoms with Crippen molar-refractivity contribution in [1.82, 2.24) is 10.2 Å². The molecule has 0 saturated carbocycles. The second-order valence-corrected chi connectivity index (χ2v) is 5.64. The maximum absolute atomic E-state index is 11.8. The van der Waals surface area contributed by atoms with Crippen LogP contribution < -0.4 is 5.32 Å². The molecule has 2 N–H and O–H groups in total. The number of carbonyl (C=O) groups is 2. The predicted octanol–water partition coefficient (Wildman–Crippen LogP) is 1.70. The lowest BCUT2D eigenvalue weighted by Crippen LogP contribution is -2.46. The Bertz CT molecular complexity index is 312. The fourth-order valence-corrected chi connectivity index (χ4v) is 2.10. The van der Waals surface area contributed by atoms with Crippen LogP contribution in [0.1, 0.15) is 39.5 Å². The molecule has 0 aromatic heterocycles. The van der Waals surface area contributed by atoms with E-state index >= 15 is 0 Å². The molecule has 20 heavy (non-hydrogen) atoms. The summed E-state index contributed by atoms with van der Waals surface area (Å²) in [6.45, 7) is 6.83. The number of piperidine rings is 1. The smallest absolute Gasteiger partial charge is 0.317 e. The molecule has 1 aliphatic rings. The van der Waals surface area contributed by atoms with E-state index in [1.54, 1.807) is 4.90 Å². The molecule has 1 heterocycles. The Labute approximate surface area is 120 Å². The quantitative estimate of drug-likeness (QED) is 0.698. The molecule has 1 fully saturated rings. The monoisotopic (exact) mass is 286 g/mol. The fraction of sp³-hybridized carbons (Fsp3) is 0.857. The van der Waals surface area contributed by atoms with Crippen LogP contribution in [0.4, 0.5) is 4.79 Å². The molecule has 0 aromatic rings. The summed E-state index contributed by atoms with van der Waals surface area (Å²) in [6.07, 6.45) is 2.55. The summed E-state index contributed by atoms with van der Waals surface area (Å²) in [6, 6.07) is -0.0994. The summed E-state index contributed by atoms with van der Waals surface area (Å²) >= 11 is 0. The minimum Gasteiger partial charge on any atom is -0.481 e. The topological polar surface area (TPSA) is 78.9 Å². The van der Waals surface area contributed by atoms with Gasteiger partial charge in [-0.3, -0.25) is 4.79 Å². The van der Waals surface area contributed by atoms with Crippen molar-refractivity contribution in [2.45, 2.75) is 45.6 Å². The molecular weight excluding hydrogens is 260 g/mol. The highest BCUT2D eigenvalue weighted by atomic mass is 16.5. The van der Waals surface area contributed by atoms with Crippen LogP contribution in [0.2, 0.25) is 0 Å². The number of amides is 2. The van der Waals surface area contributed by atoms with Gasteiger partial charge >= 0.3 is 12.0 Å². The Morgan fingerprint density at radius 1 is 1.35 bits per heavy atom. The molecule has 2 amide bonds. The largest absolute Gasteiger partial charge is 0.481 e. The van der Waals surface area contributed by atoms with Crippen LogP contribution in [0.15, 0.2) is 0 Å². The molecule has 0 atom stereocenters. The third-order valence-corrected chi connectivity index (χ3v) is 3.24. The van der Waals surface area contributed by atoms with E-state index in [0.29, 0.717) is 32.0 Å². The maximum atomic E-state index is 11.8. The van der Waals surface area contributed by atoms with Gasteiger partial charge in [-0.1, -0.05) is 13.8 Å². The Balaban J connectivity index is 2.14. The third-order valence-electron chi connectivity index (χ3n) is 3.24. The van der Waals surface area contributed by atoms with Crippen molar-refractivity contribution in [2.24, 2.45) is 5.92 Å². The summed E-state index contributed by atoms with van der Waals surface area (Å²) in [5, 5.41) is 11.3. The van der Waals surface area contributed by atoms with Gasteiger partial charge < -0.3 is 20.1 Å². The normalized spacial score (nSPS) is 16.4. The van der Waals surface area contributed by atoms with Crippen LogP contribution in [-0.2, 0) is 9.53 Å². The van der Waals surface area contributed by atoms with E-state index in [0.717, 1.165) is 19.4 Å². The number of hydrogen-bond acceptors (Lipinski definition) is 3. The SMILES string of the molecule is CC(C)COC1CCN(C(=O)NCCCC(=O)O)CC1. The first kappa shape index (κ1) is 16.8. The molecule has 1 aliphatic heterocycles. The van der Waals surface area contributed by atoms with Crippen molar-refractivity contribution in [2.75, 3.05) is 26.2 Å². The first-order valence-corrected chi connectivity index (χ1v) is 7.35. The predicted molar refractivity (Wildman–Crippen MR) is 75.7 cm³/mol. The van der Waals surface area contributed by atoms with Crippen molar-refractivity contribution < 1.29 is 19.4 Å². The number of aliphatic carboxylic acids is 1. The number of carbonyl (C=O) groups excluding carboxylic acids is 1. The van der Waals surface area contributed by atoms with Crippen LogP contribution in [0.5, 0.6) is 0 Å². The van der Waals surface area contributed by atoms with Crippen molar-refractivity contribution in [1.29, 1.82) is 0 Å². The Morgan fingerprint density at radius 2 is 2.00 bits per heavy atom. The van der Waals surface area contributed by atoms with E-state index < -0.39 is 5.97 Å². The highest BCUT2D eigenvalue weighted by Gasteiger charge is 2.23. The second kappa shape index (κ2) is 8.79. The molecule has 0 aromatic carbocycles. The van der Waals surface area contributed by atoms with E-state index in [1.165, 1.54) is 0 Å². The van der Waals surface area contributed by atoms with Crippen LogP contribution in [0.3, 0.4) is 0 Å². The molecule has 116 valence electrons. The third kappa shape index (κ3) is 6.75. The number of urea groups is 1. The van der Waals surface area contributed by atoms with Gasteiger partial charge in [-0.05, 0) is 25.2 Å². The summed E-state index contributed by atoms with van der Waals surface area (Å²) in [4.78, 5) is 24.0. The summed E-state index contributed by atoms with van der Waals surface area (Å²) in [5.41, 5.74) is 0. The van der Waals surface area contributed by atoms with Crippen molar-refractivity contribution >= 4 is 12.0 Å². The molecule has 0 aliphatic carbocycles. The standard InChI is InChI=1S/C14H26N2O4/c1-11(2)10-20-12-5-8-16(9-6-12)14(19)15-7-3-4-13(17)18/h11-12H,3-10H2,1-2H3,(H,15,19)(H,17,18). The lowest BCUT2D eigenvalue weighted by atomic mass is 10.1. The zero-order valence-electron chi connectivity index (χ0n) is 12.4. The van der Waals surface area contributed by atoms with Gasteiger partial charge in [0.1, 0.15) is 0 Å². The van der Waals surface area contributed by atoms with Crippen LogP contribution in [0, 0.1) is 5.92 Å². The van der Waals surface area contributed by atoms with Gasteiger partial charge in [-0.2, -0.15) is 0 Å². The van der Waals surface area contributed by atoms with Crippen molar-refractivity contribution in [3.05, 3.63) is 0 Å². The first-order chi connectivity index (χ1) is 9.49. The number of rotatable bonds is 7. The number of carboxylic acid groups (broad SMARTS) is 1. The van der Waals surface area contributed by atoms with Crippen molar-refractivity contribution in [3.63, 3.8) is 0 Å². The molecule has 6 heteroatoms. The van der Waals surface area contributed by atoms with Gasteiger partial charge in [0.25, 0.3) is 0 Å². The molecule has 1 saturated heterocycles. The average Bonchev–Trinajstić information content (AvgIpc) is 2.41. The molecule has 0 unspecified atom stereocenters. The number of nitrogens with one attached hydrogen (secondary N) is 1. The van der Waals surface area contributed by atoms with E-state index in [9.17, 15) is 9.59 Å². The first-order valence-electron chi connectivity index (χ1n) is 7.35. The van der Waals surface area contributed by atoms with Gasteiger partial charge in [-0.25, -0.2) is 4.79 Å². The van der Waals surface area contributed by atoms with Crippen LogP contribution >= 0.6 is 0 Å². The van der Waals surface area contributed by atoms with E-state index in [4.69, 9.17) is 9.84 Å². The van der Waals surface area contributed by atoms with Crippen molar-refractivity contribution in [3.8, 4) is 0 Å². The Hall–Kier alpha value is -1.30. The van der Waals surface area contributed by atoms with Gasteiger partial charge in [-0.15, -0.1) is 0 Å². The lowest BCUT2D eigenvalue weighted by Gasteiger charge is -2.32. The number of ether oxygens (including phenoxy) is 1. The number of hydrogen-bond donors (Lipinski definition) is 2. The maximum Gasteiger partial charge on any atom is 0.317 e. The Kier molecular flexibility index (Phi) is 7.36. The number of carboxylic acids is 1. The van der Waals surface area contributed by atoms with E-state index in [-0.39, 0.29) is 18.6 Å². The number of nitrogens with zero attached hydrogens (tertiary/aromatic N) is 1. The van der Waals surface area contributed by atoms with Gasteiger partial charge in [0.05, 0.1) is 6.10 Å². The average molecular weight is 286 g/mol. The van der Waals surface area contributed by atoms with Crippen LogP contribution in [-0.4, -0.2) is 54.4 Å². The molecule has 0 bridgehead atoms.